The summed E-state index contributed by atoms with van der Waals surface area (Å²) < 4.78 is 5.95. The Kier molecular flexibility index (Phi) is 6.06. The van der Waals surface area contributed by atoms with Crippen LogP contribution in [0.2, 0.25) is 0 Å². The molecule has 0 spiro atoms. The zero-order valence-corrected chi connectivity index (χ0v) is 12.8. The van der Waals surface area contributed by atoms with Crippen LogP contribution in [0.4, 0.5) is 4.79 Å². The monoisotopic (exact) mass is 305 g/mol. The van der Waals surface area contributed by atoms with Crippen LogP contribution in [0, 0.1) is 0 Å². The number of hydrogen-bond donors (Lipinski definition) is 3. The summed E-state index contributed by atoms with van der Waals surface area (Å²) in [7, 11) is 0. The number of rotatable bonds is 6. The van der Waals surface area contributed by atoms with E-state index in [1.807, 2.05) is 30.3 Å². The first-order valence-corrected chi connectivity index (χ1v) is 7.65. The Morgan fingerprint density at radius 3 is 2.59 bits per heavy atom. The molecule has 1 saturated carbocycles. The van der Waals surface area contributed by atoms with Crippen molar-refractivity contribution in [1.82, 2.24) is 16.0 Å². The quantitative estimate of drug-likeness (QED) is 0.696. The molecule has 1 aromatic rings. The second kappa shape index (κ2) is 8.26. The summed E-state index contributed by atoms with van der Waals surface area (Å²) in [6.45, 7) is 2.28. The minimum absolute atomic E-state index is 0.00324. The van der Waals surface area contributed by atoms with Crippen LogP contribution in [0.5, 0.6) is 5.75 Å². The largest absolute Gasteiger partial charge is 0.488 e. The molecule has 0 unspecified atom stereocenters. The van der Waals surface area contributed by atoms with Crippen LogP contribution in [-0.2, 0) is 4.79 Å². The molecule has 6 heteroatoms. The van der Waals surface area contributed by atoms with E-state index in [0.29, 0.717) is 13.1 Å². The van der Waals surface area contributed by atoms with Crippen molar-refractivity contribution >= 4 is 11.9 Å². The van der Waals surface area contributed by atoms with E-state index in [1.54, 1.807) is 0 Å². The Hall–Kier alpha value is -2.24. The highest BCUT2D eigenvalue weighted by molar-refractivity contribution is 5.75. The number of para-hydroxylation sites is 1. The molecule has 0 heterocycles. The number of hydrogen-bond acceptors (Lipinski definition) is 3. The van der Waals surface area contributed by atoms with Crippen molar-refractivity contribution < 1.29 is 14.3 Å². The van der Waals surface area contributed by atoms with Gasteiger partial charge >= 0.3 is 6.03 Å². The maximum atomic E-state index is 11.9. The van der Waals surface area contributed by atoms with E-state index in [4.69, 9.17) is 4.74 Å². The maximum Gasteiger partial charge on any atom is 0.315 e. The minimum atomic E-state index is -0.223. The van der Waals surface area contributed by atoms with Crippen LogP contribution in [0.1, 0.15) is 26.2 Å². The molecule has 1 fully saturated rings. The lowest BCUT2D eigenvalue weighted by Gasteiger charge is -2.22. The van der Waals surface area contributed by atoms with Crippen molar-refractivity contribution in [2.45, 2.75) is 38.3 Å². The van der Waals surface area contributed by atoms with Crippen LogP contribution in [0.25, 0.3) is 0 Å². The van der Waals surface area contributed by atoms with E-state index in [-0.39, 0.29) is 24.1 Å². The lowest BCUT2D eigenvalue weighted by atomic mass is 10.2. The van der Waals surface area contributed by atoms with Crippen LogP contribution < -0.4 is 20.7 Å². The van der Waals surface area contributed by atoms with Gasteiger partial charge in [0.2, 0.25) is 5.91 Å². The van der Waals surface area contributed by atoms with Gasteiger partial charge in [-0.15, -0.1) is 0 Å². The molecule has 1 aliphatic carbocycles. The van der Waals surface area contributed by atoms with Crippen molar-refractivity contribution in [3.05, 3.63) is 30.3 Å². The molecule has 6 nitrogen and oxygen atoms in total. The first-order chi connectivity index (χ1) is 10.6. The predicted molar refractivity (Wildman–Crippen MR) is 83.7 cm³/mol. The average molecular weight is 305 g/mol. The fraction of sp³-hybridized carbons (Fsp3) is 0.500. The van der Waals surface area contributed by atoms with E-state index in [9.17, 15) is 9.59 Å². The molecule has 3 N–H and O–H groups in total. The van der Waals surface area contributed by atoms with Gasteiger partial charge in [-0.3, -0.25) is 4.79 Å². The second-order valence-electron chi connectivity index (χ2n) is 5.39. The number of amides is 3. The number of carbonyl (C=O) groups excluding carboxylic acids is 2. The van der Waals surface area contributed by atoms with Gasteiger partial charge in [0.15, 0.2) is 0 Å². The zero-order chi connectivity index (χ0) is 15.8. The molecule has 2 rings (SSSR count). The molecule has 120 valence electrons. The lowest BCUT2D eigenvalue weighted by Crippen LogP contribution is -2.48. The van der Waals surface area contributed by atoms with Gasteiger partial charge < -0.3 is 20.7 Å². The standard InChI is InChI=1S/C16H23N3O3/c1-12(20)17-10-11-18-16(21)19-14-8-5-9-15(14)22-13-6-3-2-4-7-13/h2-4,6-7,14-15H,5,8-11H2,1H3,(H,17,20)(H2,18,19,21)/t14-,15-/m0/s1. The molecule has 0 bridgehead atoms. The van der Waals surface area contributed by atoms with Gasteiger partial charge in [-0.2, -0.15) is 0 Å². The highest BCUT2D eigenvalue weighted by atomic mass is 16.5. The first-order valence-electron chi connectivity index (χ1n) is 7.65. The number of carbonyl (C=O) groups is 2. The zero-order valence-electron chi connectivity index (χ0n) is 12.8. The molecule has 22 heavy (non-hydrogen) atoms. The fourth-order valence-electron chi connectivity index (χ4n) is 2.54. The van der Waals surface area contributed by atoms with Gasteiger partial charge in [0, 0.05) is 20.0 Å². The molecule has 2 atom stereocenters. The number of nitrogens with one attached hydrogen (secondary N) is 3. The van der Waals surface area contributed by atoms with Crippen molar-refractivity contribution in [3.8, 4) is 5.75 Å². The van der Waals surface area contributed by atoms with E-state index in [1.165, 1.54) is 6.92 Å². The summed E-state index contributed by atoms with van der Waals surface area (Å²) in [6.07, 6.45) is 2.89. The van der Waals surface area contributed by atoms with Gasteiger partial charge in [0.05, 0.1) is 6.04 Å². The second-order valence-corrected chi connectivity index (χ2v) is 5.39. The summed E-state index contributed by atoms with van der Waals surface area (Å²) in [6, 6.07) is 9.44. The third kappa shape index (κ3) is 5.27. The Morgan fingerprint density at radius 1 is 1.14 bits per heavy atom. The van der Waals surface area contributed by atoms with E-state index >= 15 is 0 Å². The molecule has 0 aromatic heterocycles. The molecule has 1 aliphatic rings. The summed E-state index contributed by atoms with van der Waals surface area (Å²) in [5.41, 5.74) is 0. The first kappa shape index (κ1) is 16.1. The van der Waals surface area contributed by atoms with E-state index in [2.05, 4.69) is 16.0 Å². The van der Waals surface area contributed by atoms with Crippen molar-refractivity contribution in [3.63, 3.8) is 0 Å². The third-order valence-corrected chi connectivity index (χ3v) is 3.58. The number of ether oxygens (including phenoxy) is 1. The number of urea groups is 1. The summed E-state index contributed by atoms with van der Waals surface area (Å²) in [4.78, 5) is 22.6. The van der Waals surface area contributed by atoms with E-state index in [0.717, 1.165) is 25.0 Å². The van der Waals surface area contributed by atoms with Crippen LogP contribution >= 0.6 is 0 Å². The van der Waals surface area contributed by atoms with Crippen LogP contribution in [0.15, 0.2) is 30.3 Å². The Balaban J connectivity index is 1.73. The summed E-state index contributed by atoms with van der Waals surface area (Å²) in [5, 5.41) is 8.31. The SMILES string of the molecule is CC(=O)NCCNC(=O)N[C@H]1CCC[C@@H]1Oc1ccccc1. The van der Waals surface area contributed by atoms with Crippen LogP contribution in [-0.4, -0.2) is 37.2 Å². The maximum absolute atomic E-state index is 11.9. The normalized spacial score (nSPS) is 20.2. The van der Waals surface area contributed by atoms with E-state index < -0.39 is 0 Å². The number of benzene rings is 1. The van der Waals surface area contributed by atoms with Gasteiger partial charge in [-0.1, -0.05) is 18.2 Å². The van der Waals surface area contributed by atoms with Gasteiger partial charge in [0.25, 0.3) is 0 Å². The Morgan fingerprint density at radius 2 is 1.86 bits per heavy atom. The Labute approximate surface area is 130 Å². The fourth-order valence-corrected chi connectivity index (χ4v) is 2.54. The predicted octanol–water partition coefficient (Wildman–Crippen LogP) is 1.42. The van der Waals surface area contributed by atoms with Gasteiger partial charge in [-0.05, 0) is 31.4 Å². The Bertz CT molecular complexity index is 493. The highest BCUT2D eigenvalue weighted by Gasteiger charge is 2.30. The van der Waals surface area contributed by atoms with Crippen molar-refractivity contribution in [2.75, 3.05) is 13.1 Å². The van der Waals surface area contributed by atoms with Crippen molar-refractivity contribution in [2.24, 2.45) is 0 Å². The average Bonchev–Trinajstić information content (AvgIpc) is 2.91. The molecule has 0 aliphatic heterocycles. The molecular formula is C16H23N3O3. The molecule has 1 aromatic carbocycles. The topological polar surface area (TPSA) is 79.5 Å². The summed E-state index contributed by atoms with van der Waals surface area (Å²) in [5.74, 6) is 0.724. The highest BCUT2D eigenvalue weighted by Crippen LogP contribution is 2.24. The van der Waals surface area contributed by atoms with Crippen LogP contribution in [0.3, 0.4) is 0 Å². The molecule has 0 radical (unpaired) electrons. The van der Waals surface area contributed by atoms with Gasteiger partial charge in [0.1, 0.15) is 11.9 Å². The lowest BCUT2D eigenvalue weighted by molar-refractivity contribution is -0.118. The molecule has 3 amide bonds. The molecule has 0 saturated heterocycles. The summed E-state index contributed by atoms with van der Waals surface area (Å²) >= 11 is 0. The van der Waals surface area contributed by atoms with Gasteiger partial charge in [-0.25, -0.2) is 4.79 Å². The molecular weight excluding hydrogens is 282 g/mol. The minimum Gasteiger partial charge on any atom is -0.488 e. The van der Waals surface area contributed by atoms with Crippen molar-refractivity contribution in [1.29, 1.82) is 0 Å². The smallest absolute Gasteiger partial charge is 0.315 e. The third-order valence-electron chi connectivity index (χ3n) is 3.58.